The van der Waals surface area contributed by atoms with Gasteiger partial charge in [0.1, 0.15) is 12.3 Å². The molecule has 1 amide bonds. The first-order valence-electron chi connectivity index (χ1n) is 16.4. The molecule has 236 valence electrons. The number of pyridine rings is 1. The Kier molecular flexibility index (Phi) is 16.9. The molecule has 0 unspecified atom stereocenters. The molecule has 0 aliphatic rings. The Bertz CT molecular complexity index is 1210. The molecule has 0 saturated carbocycles. The zero-order valence-electron chi connectivity index (χ0n) is 27.4. The molecule has 3 rings (SSSR count). The lowest BCUT2D eigenvalue weighted by Gasteiger charge is -2.26. The molecular formula is C38H55IN2O2. The van der Waals surface area contributed by atoms with Crippen molar-refractivity contribution < 1.29 is 38.1 Å². The molecule has 5 heteroatoms. The summed E-state index contributed by atoms with van der Waals surface area (Å²) in [6, 6.07) is 20.3. The first-order chi connectivity index (χ1) is 20.3. The monoisotopic (exact) mass is 698 g/mol. The SMILES string of the molecule is CCCCCCCCCCCCOc1ccc(CN(Cc2ccc[n+](CC)c2)C(=O)c2ccccc2)cc1C(C)(C)C.[I-]. The van der Waals surface area contributed by atoms with Crippen LogP contribution in [0.3, 0.4) is 0 Å². The fourth-order valence-electron chi connectivity index (χ4n) is 5.43. The first-order valence-corrected chi connectivity index (χ1v) is 16.4. The van der Waals surface area contributed by atoms with Crippen molar-refractivity contribution in [3.8, 4) is 5.75 Å². The van der Waals surface area contributed by atoms with Gasteiger partial charge >= 0.3 is 0 Å². The summed E-state index contributed by atoms with van der Waals surface area (Å²) in [6.07, 6.45) is 17.4. The van der Waals surface area contributed by atoms with Crippen LogP contribution in [0.15, 0.2) is 73.1 Å². The van der Waals surface area contributed by atoms with E-state index in [-0.39, 0.29) is 35.3 Å². The number of aromatic nitrogens is 1. The van der Waals surface area contributed by atoms with E-state index in [0.717, 1.165) is 36.4 Å². The van der Waals surface area contributed by atoms with E-state index in [9.17, 15) is 4.79 Å². The van der Waals surface area contributed by atoms with Gasteiger partial charge in [-0.3, -0.25) is 4.79 Å². The molecule has 0 fully saturated rings. The molecular weight excluding hydrogens is 643 g/mol. The highest BCUT2D eigenvalue weighted by molar-refractivity contribution is 5.94. The third kappa shape index (κ3) is 13.0. The third-order valence-corrected chi connectivity index (χ3v) is 7.95. The van der Waals surface area contributed by atoms with Crippen molar-refractivity contribution in [2.45, 2.75) is 124 Å². The topological polar surface area (TPSA) is 33.4 Å². The highest BCUT2D eigenvalue weighted by Crippen LogP contribution is 2.33. The van der Waals surface area contributed by atoms with Crippen molar-refractivity contribution in [2.75, 3.05) is 6.61 Å². The van der Waals surface area contributed by atoms with Crippen LogP contribution in [-0.2, 0) is 25.0 Å². The predicted octanol–water partition coefficient (Wildman–Crippen LogP) is 6.44. The summed E-state index contributed by atoms with van der Waals surface area (Å²) in [5.74, 6) is 1.01. The summed E-state index contributed by atoms with van der Waals surface area (Å²) in [7, 11) is 0. The molecule has 0 aliphatic heterocycles. The van der Waals surface area contributed by atoms with Crippen LogP contribution < -0.4 is 33.3 Å². The minimum absolute atomic E-state index is 0. The normalized spacial score (nSPS) is 11.2. The Morgan fingerprint density at radius 3 is 2.02 bits per heavy atom. The van der Waals surface area contributed by atoms with Gasteiger partial charge in [-0.25, -0.2) is 4.57 Å². The van der Waals surface area contributed by atoms with Crippen LogP contribution in [0.1, 0.15) is 126 Å². The second-order valence-electron chi connectivity index (χ2n) is 12.7. The Morgan fingerprint density at radius 1 is 0.767 bits per heavy atom. The minimum atomic E-state index is -0.0660. The van der Waals surface area contributed by atoms with Crippen LogP contribution in [0.5, 0.6) is 5.75 Å². The van der Waals surface area contributed by atoms with Gasteiger partial charge in [-0.2, -0.15) is 0 Å². The highest BCUT2D eigenvalue weighted by Gasteiger charge is 2.22. The van der Waals surface area contributed by atoms with Crippen LogP contribution in [0.25, 0.3) is 0 Å². The van der Waals surface area contributed by atoms with E-state index in [4.69, 9.17) is 4.74 Å². The van der Waals surface area contributed by atoms with Crippen LogP contribution in [0.4, 0.5) is 0 Å². The van der Waals surface area contributed by atoms with Crippen molar-refractivity contribution in [1.29, 1.82) is 0 Å². The van der Waals surface area contributed by atoms with E-state index < -0.39 is 0 Å². The number of rotatable bonds is 18. The number of amides is 1. The molecule has 1 heterocycles. The molecule has 0 atom stereocenters. The minimum Gasteiger partial charge on any atom is -1.00 e. The van der Waals surface area contributed by atoms with Crippen LogP contribution in [0.2, 0.25) is 0 Å². The number of carbonyl (C=O) groups is 1. The number of nitrogens with zero attached hydrogens (tertiary/aromatic N) is 2. The Hall–Kier alpha value is -2.41. The number of hydrogen-bond donors (Lipinski definition) is 0. The second-order valence-corrected chi connectivity index (χ2v) is 12.7. The quantitative estimate of drug-likeness (QED) is 0.0872. The molecule has 43 heavy (non-hydrogen) atoms. The number of halogens is 1. The molecule has 0 bridgehead atoms. The average molecular weight is 699 g/mol. The van der Waals surface area contributed by atoms with Gasteiger partial charge in [0.25, 0.3) is 5.91 Å². The molecule has 4 nitrogen and oxygen atoms in total. The van der Waals surface area contributed by atoms with E-state index in [0.29, 0.717) is 18.7 Å². The zero-order chi connectivity index (χ0) is 30.2. The van der Waals surface area contributed by atoms with E-state index in [1.165, 1.54) is 63.4 Å². The maximum absolute atomic E-state index is 13.7. The summed E-state index contributed by atoms with van der Waals surface area (Å²) in [5.41, 5.74) is 4.08. The number of ether oxygens (including phenoxy) is 1. The van der Waals surface area contributed by atoms with Crippen molar-refractivity contribution >= 4 is 5.91 Å². The van der Waals surface area contributed by atoms with Crippen molar-refractivity contribution in [2.24, 2.45) is 0 Å². The Balaban J connectivity index is 0.00000645. The van der Waals surface area contributed by atoms with Gasteiger partial charge in [0.15, 0.2) is 12.4 Å². The number of benzene rings is 2. The van der Waals surface area contributed by atoms with E-state index in [1.807, 2.05) is 35.2 Å². The van der Waals surface area contributed by atoms with Crippen LogP contribution in [0, 0.1) is 0 Å². The maximum atomic E-state index is 13.7. The predicted molar refractivity (Wildman–Crippen MR) is 175 cm³/mol. The molecule has 0 saturated heterocycles. The van der Waals surface area contributed by atoms with Gasteiger partial charge in [0.2, 0.25) is 0 Å². The second kappa shape index (κ2) is 19.8. The smallest absolute Gasteiger partial charge is 0.254 e. The molecule has 0 radical (unpaired) electrons. The third-order valence-electron chi connectivity index (χ3n) is 7.95. The van der Waals surface area contributed by atoms with Gasteiger partial charge in [0, 0.05) is 23.7 Å². The molecule has 0 spiro atoms. The van der Waals surface area contributed by atoms with Crippen LogP contribution in [-0.4, -0.2) is 17.4 Å². The number of unbranched alkanes of at least 4 members (excludes halogenated alkanes) is 9. The average Bonchev–Trinajstić information content (AvgIpc) is 2.99. The van der Waals surface area contributed by atoms with Crippen molar-refractivity contribution in [1.82, 2.24) is 4.90 Å². The van der Waals surface area contributed by atoms with E-state index >= 15 is 0 Å². The highest BCUT2D eigenvalue weighted by atomic mass is 127. The van der Waals surface area contributed by atoms with Crippen LogP contribution >= 0.6 is 0 Å². The summed E-state index contributed by atoms with van der Waals surface area (Å²) < 4.78 is 8.50. The van der Waals surface area contributed by atoms with E-state index in [1.54, 1.807) is 0 Å². The number of carbonyl (C=O) groups excluding carboxylic acids is 1. The zero-order valence-corrected chi connectivity index (χ0v) is 29.6. The lowest BCUT2D eigenvalue weighted by atomic mass is 9.85. The Labute approximate surface area is 279 Å². The molecule has 0 aliphatic carbocycles. The standard InChI is InChI=1S/C38H55N2O2.HI/c1-6-8-9-10-11-12-13-14-15-19-27-42-36-25-24-32(28-35(36)38(3,4)5)30-40(37(41)34-22-17-16-18-23-34)31-33-21-20-26-39(7-2)29-33;/h16-18,20-26,28-29H,6-15,19,27,30-31H2,1-5H3;1H/q+1;/p-1. The van der Waals surface area contributed by atoms with Crippen molar-refractivity contribution in [3.63, 3.8) is 0 Å². The molecule has 2 aromatic carbocycles. The summed E-state index contributed by atoms with van der Waals surface area (Å²) in [6.45, 7) is 13.9. The van der Waals surface area contributed by atoms with Crippen molar-refractivity contribution in [3.05, 3.63) is 95.3 Å². The summed E-state index contributed by atoms with van der Waals surface area (Å²) in [5, 5.41) is 0. The van der Waals surface area contributed by atoms with Gasteiger partial charge in [0.05, 0.1) is 13.2 Å². The lowest BCUT2D eigenvalue weighted by Crippen LogP contribution is -3.00. The fraction of sp³-hybridized carbons (Fsp3) is 0.526. The van der Waals surface area contributed by atoms with E-state index in [2.05, 4.69) is 81.9 Å². The van der Waals surface area contributed by atoms with Gasteiger partial charge < -0.3 is 33.6 Å². The molecule has 3 aromatic rings. The van der Waals surface area contributed by atoms with Gasteiger partial charge in [-0.15, -0.1) is 0 Å². The first kappa shape index (κ1) is 36.8. The van der Waals surface area contributed by atoms with Gasteiger partial charge in [-0.05, 0) is 60.2 Å². The number of hydrogen-bond acceptors (Lipinski definition) is 2. The summed E-state index contributed by atoms with van der Waals surface area (Å²) in [4.78, 5) is 15.6. The number of aryl methyl sites for hydroxylation is 1. The maximum Gasteiger partial charge on any atom is 0.254 e. The lowest BCUT2D eigenvalue weighted by molar-refractivity contribution is -0.694. The molecule has 0 N–H and O–H groups in total. The summed E-state index contributed by atoms with van der Waals surface area (Å²) >= 11 is 0. The fourth-order valence-corrected chi connectivity index (χ4v) is 5.43. The molecule has 1 aromatic heterocycles. The largest absolute Gasteiger partial charge is 1.00 e. The van der Waals surface area contributed by atoms with Gasteiger partial charge in [-0.1, -0.05) is 110 Å². The Morgan fingerprint density at radius 2 is 1.40 bits per heavy atom.